The molecule has 0 bridgehead atoms. The van der Waals surface area contributed by atoms with Crippen LogP contribution in [0.4, 0.5) is 11.4 Å². The molecule has 0 aliphatic carbocycles. The van der Waals surface area contributed by atoms with Gasteiger partial charge in [0.05, 0.1) is 11.2 Å². The summed E-state index contributed by atoms with van der Waals surface area (Å²) in [7, 11) is 3.08. The standard InChI is InChI=1S/C14H15ClN4O3/c1-19-13(11(15)7-16-19)14(21)18-10-5-3-9(4-6-10)17-12(20)8-22-2/h3-7H,8H2,1-2H3,(H,17,20)(H,18,21). The number of benzene rings is 1. The van der Waals surface area contributed by atoms with Crippen LogP contribution in [0.1, 0.15) is 10.5 Å². The first kappa shape index (κ1) is 16.0. The van der Waals surface area contributed by atoms with E-state index in [4.69, 9.17) is 16.3 Å². The summed E-state index contributed by atoms with van der Waals surface area (Å²) in [6.07, 6.45) is 1.41. The van der Waals surface area contributed by atoms with Crippen molar-refractivity contribution in [2.45, 2.75) is 0 Å². The first-order chi connectivity index (χ1) is 10.5. The van der Waals surface area contributed by atoms with Crippen LogP contribution in [0.2, 0.25) is 5.02 Å². The second-order valence-corrected chi connectivity index (χ2v) is 4.88. The number of nitrogens with one attached hydrogen (secondary N) is 2. The van der Waals surface area contributed by atoms with Crippen molar-refractivity contribution >= 4 is 34.8 Å². The molecule has 22 heavy (non-hydrogen) atoms. The smallest absolute Gasteiger partial charge is 0.275 e. The fourth-order valence-corrected chi connectivity index (χ4v) is 2.07. The highest BCUT2D eigenvalue weighted by atomic mass is 35.5. The second kappa shape index (κ2) is 7.06. The number of amides is 2. The first-order valence-electron chi connectivity index (χ1n) is 6.39. The quantitative estimate of drug-likeness (QED) is 0.880. The van der Waals surface area contributed by atoms with Crippen LogP contribution < -0.4 is 10.6 Å². The van der Waals surface area contributed by atoms with Gasteiger partial charge in [0.15, 0.2) is 0 Å². The van der Waals surface area contributed by atoms with Crippen LogP contribution in [-0.2, 0) is 16.6 Å². The SMILES string of the molecule is COCC(=O)Nc1ccc(NC(=O)c2c(Cl)cnn2C)cc1. The van der Waals surface area contributed by atoms with Gasteiger partial charge in [-0.3, -0.25) is 14.3 Å². The molecule has 0 fully saturated rings. The summed E-state index contributed by atoms with van der Waals surface area (Å²) < 4.78 is 6.13. The Kier molecular flexibility index (Phi) is 5.13. The van der Waals surface area contributed by atoms with Crippen molar-refractivity contribution in [1.29, 1.82) is 0 Å². The minimum absolute atomic E-state index is 0.0164. The Balaban J connectivity index is 2.02. The fraction of sp³-hybridized carbons (Fsp3) is 0.214. The molecule has 0 atom stereocenters. The Morgan fingerprint density at radius 3 is 2.32 bits per heavy atom. The molecule has 116 valence electrons. The monoisotopic (exact) mass is 322 g/mol. The highest BCUT2D eigenvalue weighted by molar-refractivity contribution is 6.34. The topological polar surface area (TPSA) is 85.2 Å². The Morgan fingerprint density at radius 1 is 1.23 bits per heavy atom. The maximum Gasteiger partial charge on any atom is 0.275 e. The molecular formula is C14H15ClN4O3. The van der Waals surface area contributed by atoms with E-state index in [1.807, 2.05) is 0 Å². The molecule has 0 unspecified atom stereocenters. The van der Waals surface area contributed by atoms with E-state index in [9.17, 15) is 9.59 Å². The molecule has 0 aliphatic heterocycles. The molecule has 2 rings (SSSR count). The lowest BCUT2D eigenvalue weighted by molar-refractivity contribution is -0.119. The molecule has 0 saturated carbocycles. The highest BCUT2D eigenvalue weighted by Gasteiger charge is 2.15. The molecule has 2 aromatic rings. The third kappa shape index (κ3) is 3.84. The van der Waals surface area contributed by atoms with Gasteiger partial charge in [-0.25, -0.2) is 0 Å². The van der Waals surface area contributed by atoms with Gasteiger partial charge >= 0.3 is 0 Å². The number of methoxy groups -OCH3 is 1. The van der Waals surface area contributed by atoms with Crippen LogP contribution in [-0.4, -0.2) is 35.3 Å². The lowest BCUT2D eigenvalue weighted by Gasteiger charge is -2.08. The van der Waals surface area contributed by atoms with Crippen molar-refractivity contribution < 1.29 is 14.3 Å². The van der Waals surface area contributed by atoms with E-state index in [0.717, 1.165) is 0 Å². The van der Waals surface area contributed by atoms with E-state index in [1.165, 1.54) is 18.0 Å². The number of anilines is 2. The van der Waals surface area contributed by atoms with E-state index in [2.05, 4.69) is 15.7 Å². The van der Waals surface area contributed by atoms with Gasteiger partial charge in [-0.05, 0) is 24.3 Å². The van der Waals surface area contributed by atoms with Crippen LogP contribution in [0.25, 0.3) is 0 Å². The summed E-state index contributed by atoms with van der Waals surface area (Å²) in [6.45, 7) is -0.0164. The summed E-state index contributed by atoms with van der Waals surface area (Å²) in [5.41, 5.74) is 1.46. The van der Waals surface area contributed by atoms with Crippen molar-refractivity contribution in [3.05, 3.63) is 41.2 Å². The van der Waals surface area contributed by atoms with Gasteiger partial charge in [-0.15, -0.1) is 0 Å². The van der Waals surface area contributed by atoms with Crippen LogP contribution >= 0.6 is 11.6 Å². The lowest BCUT2D eigenvalue weighted by atomic mass is 10.2. The Bertz CT molecular complexity index is 662. The lowest BCUT2D eigenvalue weighted by Crippen LogP contribution is -2.18. The van der Waals surface area contributed by atoms with Crippen molar-refractivity contribution in [1.82, 2.24) is 9.78 Å². The van der Waals surface area contributed by atoms with Crippen LogP contribution in [0.5, 0.6) is 0 Å². The van der Waals surface area contributed by atoms with E-state index in [-0.39, 0.29) is 29.1 Å². The number of carbonyl (C=O) groups excluding carboxylic acids is 2. The van der Waals surface area contributed by atoms with Crippen molar-refractivity contribution in [2.75, 3.05) is 24.4 Å². The van der Waals surface area contributed by atoms with Crippen molar-refractivity contribution in [3.8, 4) is 0 Å². The number of ether oxygens (including phenoxy) is 1. The summed E-state index contributed by atoms with van der Waals surface area (Å²) in [6, 6.07) is 6.69. The summed E-state index contributed by atoms with van der Waals surface area (Å²) >= 11 is 5.91. The normalized spacial score (nSPS) is 10.3. The molecular weight excluding hydrogens is 308 g/mol. The highest BCUT2D eigenvalue weighted by Crippen LogP contribution is 2.18. The summed E-state index contributed by atoms with van der Waals surface area (Å²) in [5, 5.41) is 9.56. The van der Waals surface area contributed by atoms with Crippen LogP contribution in [0, 0.1) is 0 Å². The number of hydrogen-bond acceptors (Lipinski definition) is 4. The van der Waals surface area contributed by atoms with Gasteiger partial charge in [0.25, 0.3) is 5.91 Å². The molecule has 0 radical (unpaired) electrons. The predicted octanol–water partition coefficient (Wildman–Crippen LogP) is 1.91. The molecule has 0 saturated heterocycles. The molecule has 7 nitrogen and oxygen atoms in total. The van der Waals surface area contributed by atoms with Gasteiger partial charge in [-0.2, -0.15) is 5.10 Å². The maximum absolute atomic E-state index is 12.1. The molecule has 1 aromatic carbocycles. The molecule has 0 aliphatic rings. The number of aromatic nitrogens is 2. The molecule has 1 heterocycles. The predicted molar refractivity (Wildman–Crippen MR) is 83.1 cm³/mol. The number of aryl methyl sites for hydroxylation is 1. The van der Waals surface area contributed by atoms with Gasteiger partial charge in [-0.1, -0.05) is 11.6 Å². The zero-order valence-corrected chi connectivity index (χ0v) is 12.8. The third-order valence-corrected chi connectivity index (χ3v) is 3.09. The molecule has 2 N–H and O–H groups in total. The van der Waals surface area contributed by atoms with Crippen molar-refractivity contribution in [2.24, 2.45) is 7.05 Å². The minimum atomic E-state index is -0.360. The zero-order chi connectivity index (χ0) is 16.1. The van der Waals surface area contributed by atoms with Crippen LogP contribution in [0.15, 0.2) is 30.5 Å². The number of carbonyl (C=O) groups is 2. The van der Waals surface area contributed by atoms with Crippen LogP contribution in [0.3, 0.4) is 0 Å². The van der Waals surface area contributed by atoms with Gasteiger partial charge < -0.3 is 15.4 Å². The van der Waals surface area contributed by atoms with Crippen molar-refractivity contribution in [3.63, 3.8) is 0 Å². The second-order valence-electron chi connectivity index (χ2n) is 4.48. The molecule has 0 spiro atoms. The summed E-state index contributed by atoms with van der Waals surface area (Å²) in [4.78, 5) is 23.5. The minimum Gasteiger partial charge on any atom is -0.375 e. The fourth-order valence-electron chi connectivity index (χ4n) is 1.82. The molecule has 8 heteroatoms. The third-order valence-electron chi connectivity index (χ3n) is 2.81. The number of rotatable bonds is 5. The van der Waals surface area contributed by atoms with Gasteiger partial charge in [0, 0.05) is 25.5 Å². The van der Waals surface area contributed by atoms with E-state index >= 15 is 0 Å². The van der Waals surface area contributed by atoms with Gasteiger partial charge in [0.1, 0.15) is 12.3 Å². The number of hydrogen-bond donors (Lipinski definition) is 2. The Morgan fingerprint density at radius 2 is 1.82 bits per heavy atom. The maximum atomic E-state index is 12.1. The zero-order valence-electron chi connectivity index (χ0n) is 12.1. The molecule has 2 amide bonds. The Hall–Kier alpha value is -2.38. The number of halogens is 1. The average Bonchev–Trinajstić information content (AvgIpc) is 2.80. The first-order valence-corrected chi connectivity index (χ1v) is 6.76. The van der Waals surface area contributed by atoms with Gasteiger partial charge in [0.2, 0.25) is 5.91 Å². The van der Waals surface area contributed by atoms with E-state index in [0.29, 0.717) is 11.4 Å². The summed E-state index contributed by atoms with van der Waals surface area (Å²) in [5.74, 6) is -0.609. The Labute approximate surface area is 132 Å². The number of nitrogens with zero attached hydrogens (tertiary/aromatic N) is 2. The average molecular weight is 323 g/mol. The van der Waals surface area contributed by atoms with E-state index in [1.54, 1.807) is 31.3 Å². The van der Waals surface area contributed by atoms with E-state index < -0.39 is 0 Å². The largest absolute Gasteiger partial charge is 0.375 e. The molecule has 1 aromatic heterocycles.